The molecule has 0 fully saturated rings. The van der Waals surface area contributed by atoms with Crippen LogP contribution < -0.4 is 4.74 Å². The second kappa shape index (κ2) is 5.80. The van der Waals surface area contributed by atoms with E-state index in [4.69, 9.17) is 4.74 Å². The maximum absolute atomic E-state index is 12.7. The summed E-state index contributed by atoms with van der Waals surface area (Å²) in [6.07, 6.45) is 2.29. The van der Waals surface area contributed by atoms with Crippen molar-refractivity contribution in [3.8, 4) is 5.75 Å². The number of hydrogen-bond donors (Lipinski definition) is 0. The number of ether oxygens (including phenoxy) is 2. The molecule has 0 saturated heterocycles. The number of benzene rings is 1. The fourth-order valence-corrected chi connectivity index (χ4v) is 0.899. The van der Waals surface area contributed by atoms with E-state index in [1.807, 2.05) is 0 Å². The number of halogens is 1. The zero-order chi connectivity index (χ0) is 11.1. The molecule has 0 unspecified atom stereocenters. The van der Waals surface area contributed by atoms with Crippen LogP contribution in [0.1, 0.15) is 6.92 Å². The zero-order valence-electron chi connectivity index (χ0n) is 8.27. The van der Waals surface area contributed by atoms with Crippen molar-refractivity contribution in [3.05, 3.63) is 42.4 Å². The second-order valence-corrected chi connectivity index (χ2v) is 2.63. The van der Waals surface area contributed by atoms with Crippen LogP contribution in [0.25, 0.3) is 0 Å². The molecule has 0 atom stereocenters. The lowest BCUT2D eigenvalue weighted by Crippen LogP contribution is -1.99. The van der Waals surface area contributed by atoms with E-state index in [1.165, 1.54) is 18.2 Å². The van der Waals surface area contributed by atoms with Gasteiger partial charge in [0.25, 0.3) is 0 Å². The summed E-state index contributed by atoms with van der Waals surface area (Å²) < 4.78 is 22.3. The van der Waals surface area contributed by atoms with Crippen molar-refractivity contribution in [2.75, 3.05) is 6.61 Å². The molecule has 80 valence electrons. The molecule has 15 heavy (non-hydrogen) atoms. The lowest BCUT2D eigenvalue weighted by Gasteiger charge is -1.99. The van der Waals surface area contributed by atoms with Crippen LogP contribution in [0.3, 0.4) is 0 Å². The van der Waals surface area contributed by atoms with E-state index >= 15 is 0 Å². The predicted molar refractivity (Wildman–Crippen MR) is 52.8 cm³/mol. The van der Waals surface area contributed by atoms with Crippen LogP contribution in [0.15, 0.2) is 36.6 Å². The molecule has 0 radical (unpaired) electrons. The van der Waals surface area contributed by atoms with Crippen LogP contribution in [0.5, 0.6) is 5.75 Å². The number of carbonyl (C=O) groups is 1. The molecule has 1 aromatic carbocycles. The van der Waals surface area contributed by atoms with Gasteiger partial charge in [0.2, 0.25) is 0 Å². The number of hydrogen-bond acceptors (Lipinski definition) is 3. The first kappa shape index (κ1) is 11.2. The molecule has 0 bridgehead atoms. The first-order chi connectivity index (χ1) is 7.22. The molecular formula is C11H11FO3. The quantitative estimate of drug-likeness (QED) is 0.434. The van der Waals surface area contributed by atoms with E-state index in [0.29, 0.717) is 12.4 Å². The Bertz CT molecular complexity index is 361. The molecule has 1 aromatic rings. The van der Waals surface area contributed by atoms with Crippen molar-refractivity contribution in [1.29, 1.82) is 0 Å². The highest BCUT2D eigenvalue weighted by atomic mass is 19.1. The largest absolute Gasteiger partial charge is 0.465 e. The normalized spacial score (nSPS) is 10.3. The van der Waals surface area contributed by atoms with Gasteiger partial charge in [0.05, 0.1) is 18.9 Å². The summed E-state index contributed by atoms with van der Waals surface area (Å²) in [6, 6.07) is 5.62. The minimum atomic E-state index is -0.492. The molecule has 3 nitrogen and oxygen atoms in total. The van der Waals surface area contributed by atoms with Gasteiger partial charge < -0.3 is 9.47 Å². The van der Waals surface area contributed by atoms with Gasteiger partial charge in [-0.2, -0.15) is 0 Å². The first-order valence-electron chi connectivity index (χ1n) is 4.48. The van der Waals surface area contributed by atoms with Gasteiger partial charge in [0, 0.05) is 6.07 Å². The Hall–Kier alpha value is -1.84. The van der Waals surface area contributed by atoms with Crippen molar-refractivity contribution in [2.24, 2.45) is 0 Å². The van der Waals surface area contributed by atoms with Crippen molar-refractivity contribution < 1.29 is 18.7 Å². The molecule has 4 heteroatoms. The summed E-state index contributed by atoms with van der Waals surface area (Å²) in [5, 5.41) is 0. The van der Waals surface area contributed by atoms with Gasteiger partial charge in [0.15, 0.2) is 0 Å². The van der Waals surface area contributed by atoms with Crippen LogP contribution in [-0.2, 0) is 9.53 Å². The van der Waals surface area contributed by atoms with Crippen molar-refractivity contribution in [3.63, 3.8) is 0 Å². The number of carbonyl (C=O) groups excluding carboxylic acids is 1. The minimum absolute atomic E-state index is 0.309. The molecule has 0 heterocycles. The average molecular weight is 210 g/mol. The maximum atomic E-state index is 12.7. The molecule has 0 aliphatic rings. The van der Waals surface area contributed by atoms with E-state index in [0.717, 1.165) is 12.3 Å². The summed E-state index contributed by atoms with van der Waals surface area (Å²) in [4.78, 5) is 10.8. The molecule has 0 amide bonds. The number of rotatable bonds is 4. The SMILES string of the molecule is CCOC(=O)/C=C\Oc1cccc(F)c1. The Kier molecular flexibility index (Phi) is 4.34. The lowest BCUT2D eigenvalue weighted by molar-refractivity contribution is -0.137. The smallest absolute Gasteiger partial charge is 0.333 e. The predicted octanol–water partition coefficient (Wildman–Crippen LogP) is 2.28. The van der Waals surface area contributed by atoms with Crippen molar-refractivity contribution >= 4 is 5.97 Å². The Morgan fingerprint density at radius 3 is 3.00 bits per heavy atom. The van der Waals surface area contributed by atoms with Crippen LogP contribution in [0.4, 0.5) is 4.39 Å². The van der Waals surface area contributed by atoms with E-state index < -0.39 is 11.8 Å². The monoisotopic (exact) mass is 210 g/mol. The van der Waals surface area contributed by atoms with Gasteiger partial charge in [-0.15, -0.1) is 0 Å². The van der Waals surface area contributed by atoms with Gasteiger partial charge in [0.1, 0.15) is 11.6 Å². The van der Waals surface area contributed by atoms with E-state index in [-0.39, 0.29) is 0 Å². The molecule has 0 aliphatic carbocycles. The summed E-state index contributed by atoms with van der Waals surface area (Å²) in [5.74, 6) is -0.554. The Labute approximate surface area is 87.1 Å². The van der Waals surface area contributed by atoms with E-state index in [1.54, 1.807) is 13.0 Å². The highest BCUT2D eigenvalue weighted by Gasteiger charge is 1.95. The van der Waals surface area contributed by atoms with Crippen LogP contribution in [0, 0.1) is 5.82 Å². The number of esters is 1. The minimum Gasteiger partial charge on any atom is -0.465 e. The van der Waals surface area contributed by atoms with Gasteiger partial charge in [-0.05, 0) is 19.1 Å². The van der Waals surface area contributed by atoms with Gasteiger partial charge in [-0.1, -0.05) is 6.07 Å². The van der Waals surface area contributed by atoms with Crippen LogP contribution >= 0.6 is 0 Å². The first-order valence-corrected chi connectivity index (χ1v) is 4.48. The van der Waals surface area contributed by atoms with Crippen LogP contribution in [-0.4, -0.2) is 12.6 Å². The summed E-state index contributed by atoms with van der Waals surface area (Å²) in [5.41, 5.74) is 0. The van der Waals surface area contributed by atoms with Gasteiger partial charge in [-0.25, -0.2) is 9.18 Å². The fraction of sp³-hybridized carbons (Fsp3) is 0.182. The second-order valence-electron chi connectivity index (χ2n) is 2.63. The van der Waals surface area contributed by atoms with Crippen molar-refractivity contribution in [2.45, 2.75) is 6.92 Å². The molecule has 0 aliphatic heterocycles. The maximum Gasteiger partial charge on any atom is 0.333 e. The third-order valence-corrected chi connectivity index (χ3v) is 1.49. The van der Waals surface area contributed by atoms with Crippen LogP contribution in [0.2, 0.25) is 0 Å². The Balaban J connectivity index is 2.46. The molecule has 0 aromatic heterocycles. The van der Waals surface area contributed by atoms with E-state index in [2.05, 4.69) is 4.74 Å². The topological polar surface area (TPSA) is 35.5 Å². The summed E-state index contributed by atoms with van der Waals surface area (Å²) >= 11 is 0. The van der Waals surface area contributed by atoms with Gasteiger partial charge >= 0.3 is 5.97 Å². The summed E-state index contributed by atoms with van der Waals surface area (Å²) in [7, 11) is 0. The third-order valence-electron chi connectivity index (χ3n) is 1.49. The molecular weight excluding hydrogens is 199 g/mol. The Morgan fingerprint density at radius 2 is 2.33 bits per heavy atom. The lowest BCUT2D eigenvalue weighted by atomic mass is 10.3. The summed E-state index contributed by atoms with van der Waals surface area (Å²) in [6.45, 7) is 2.02. The van der Waals surface area contributed by atoms with E-state index in [9.17, 15) is 9.18 Å². The molecule has 0 saturated carbocycles. The third kappa shape index (κ3) is 4.26. The molecule has 0 spiro atoms. The van der Waals surface area contributed by atoms with Crippen molar-refractivity contribution in [1.82, 2.24) is 0 Å². The standard InChI is InChI=1S/C11H11FO3/c1-2-14-11(13)6-7-15-10-5-3-4-9(12)8-10/h3-8H,2H2,1H3/b7-6-. The highest BCUT2D eigenvalue weighted by Crippen LogP contribution is 2.11. The molecule has 1 rings (SSSR count). The average Bonchev–Trinajstić information content (AvgIpc) is 2.18. The Morgan fingerprint density at radius 1 is 1.53 bits per heavy atom. The molecule has 0 N–H and O–H groups in total. The highest BCUT2D eigenvalue weighted by molar-refractivity contribution is 5.81. The van der Waals surface area contributed by atoms with Gasteiger partial charge in [-0.3, -0.25) is 0 Å². The zero-order valence-corrected chi connectivity index (χ0v) is 8.27. The fourth-order valence-electron chi connectivity index (χ4n) is 0.899.